The first-order valence-electron chi connectivity index (χ1n) is 7.67. The quantitative estimate of drug-likeness (QED) is 0.565. The fraction of sp³-hybridized carbons (Fsp3) is 0.235. The molecule has 0 aliphatic carbocycles. The summed E-state index contributed by atoms with van der Waals surface area (Å²) in [4.78, 5) is 16.7. The molecule has 7 heteroatoms. The van der Waals surface area contributed by atoms with Crippen LogP contribution in [0.4, 0.5) is 5.13 Å². The van der Waals surface area contributed by atoms with Crippen LogP contribution in [0.3, 0.4) is 0 Å². The number of aryl methyl sites for hydroxylation is 2. The molecule has 6 nitrogen and oxygen atoms in total. The highest BCUT2D eigenvalue weighted by Gasteiger charge is 2.14. The summed E-state index contributed by atoms with van der Waals surface area (Å²) in [5.41, 5.74) is 12.1. The van der Waals surface area contributed by atoms with Crippen LogP contribution in [0, 0.1) is 13.8 Å². The Morgan fingerprint density at radius 1 is 1.42 bits per heavy atom. The van der Waals surface area contributed by atoms with Crippen molar-refractivity contribution < 1.29 is 4.79 Å². The number of aromatic nitrogens is 2. The van der Waals surface area contributed by atoms with E-state index in [9.17, 15) is 4.79 Å². The zero-order chi connectivity index (χ0) is 17.3. The number of nitrogen functional groups attached to an aromatic ring is 1. The molecule has 0 aliphatic heterocycles. The molecule has 2 aromatic heterocycles. The van der Waals surface area contributed by atoms with E-state index in [2.05, 4.69) is 46.1 Å². The van der Waals surface area contributed by atoms with Crippen molar-refractivity contribution in [2.75, 3.05) is 5.73 Å². The predicted octanol–water partition coefficient (Wildman–Crippen LogP) is 3.08. The van der Waals surface area contributed by atoms with E-state index < -0.39 is 0 Å². The molecule has 3 rings (SSSR count). The highest BCUT2D eigenvalue weighted by Crippen LogP contribution is 2.24. The Kier molecular flexibility index (Phi) is 4.35. The summed E-state index contributed by atoms with van der Waals surface area (Å²) in [6, 6.07) is 8.17. The summed E-state index contributed by atoms with van der Waals surface area (Å²) in [5.74, 6) is -0.296. The maximum absolute atomic E-state index is 12.2. The maximum Gasteiger partial charge on any atom is 0.283 e. The highest BCUT2D eigenvalue weighted by molar-refractivity contribution is 7.17. The number of anilines is 1. The minimum atomic E-state index is -0.296. The molecule has 0 saturated heterocycles. The van der Waals surface area contributed by atoms with Gasteiger partial charge in [-0.25, -0.2) is 10.4 Å². The van der Waals surface area contributed by atoms with Crippen LogP contribution in [0.15, 0.2) is 29.4 Å². The molecule has 0 atom stereocenters. The topological polar surface area (TPSA) is 85.3 Å². The smallest absolute Gasteiger partial charge is 0.283 e. The maximum atomic E-state index is 12.2. The van der Waals surface area contributed by atoms with Crippen LogP contribution in [0.5, 0.6) is 0 Å². The number of para-hydroxylation sites is 1. The van der Waals surface area contributed by atoms with Crippen molar-refractivity contribution in [1.29, 1.82) is 0 Å². The lowest BCUT2D eigenvalue weighted by atomic mass is 10.1. The third-order valence-corrected chi connectivity index (χ3v) is 4.96. The first-order valence-corrected chi connectivity index (χ1v) is 8.48. The summed E-state index contributed by atoms with van der Waals surface area (Å²) in [7, 11) is 0. The molecule has 0 radical (unpaired) electrons. The van der Waals surface area contributed by atoms with E-state index in [1.807, 2.05) is 12.1 Å². The van der Waals surface area contributed by atoms with Crippen molar-refractivity contribution >= 4 is 39.5 Å². The normalized spacial score (nSPS) is 11.5. The van der Waals surface area contributed by atoms with Gasteiger partial charge in [0.25, 0.3) is 5.91 Å². The van der Waals surface area contributed by atoms with Gasteiger partial charge in [-0.15, -0.1) is 0 Å². The number of nitrogens with one attached hydrogen (secondary N) is 1. The van der Waals surface area contributed by atoms with Gasteiger partial charge in [-0.2, -0.15) is 5.10 Å². The fourth-order valence-electron chi connectivity index (χ4n) is 2.86. The second-order valence-corrected chi connectivity index (χ2v) is 6.46. The molecule has 0 unspecified atom stereocenters. The Morgan fingerprint density at radius 2 is 2.17 bits per heavy atom. The van der Waals surface area contributed by atoms with E-state index in [-0.39, 0.29) is 5.91 Å². The van der Waals surface area contributed by atoms with Crippen molar-refractivity contribution in [2.45, 2.75) is 27.3 Å². The average Bonchev–Trinajstić information content (AvgIpc) is 3.04. The molecule has 0 bridgehead atoms. The molecule has 0 fully saturated rings. The van der Waals surface area contributed by atoms with Crippen molar-refractivity contribution in [3.63, 3.8) is 0 Å². The third-order valence-electron chi connectivity index (χ3n) is 3.98. The first-order chi connectivity index (χ1) is 11.5. The second-order valence-electron chi connectivity index (χ2n) is 5.43. The van der Waals surface area contributed by atoms with Crippen molar-refractivity contribution in [2.24, 2.45) is 5.10 Å². The molecule has 24 heavy (non-hydrogen) atoms. The summed E-state index contributed by atoms with van der Waals surface area (Å²) in [6.45, 7) is 6.80. The number of hydrogen-bond donors (Lipinski definition) is 2. The second kappa shape index (κ2) is 6.45. The number of hydrazone groups is 1. The molecular weight excluding hydrogens is 322 g/mol. The lowest BCUT2D eigenvalue weighted by molar-refractivity contribution is 0.0958. The molecular formula is C17H19N5OS. The van der Waals surface area contributed by atoms with Gasteiger partial charge in [0.15, 0.2) is 5.13 Å². The number of amides is 1. The number of nitrogens with two attached hydrogens (primary N) is 1. The van der Waals surface area contributed by atoms with Crippen LogP contribution in [-0.2, 0) is 6.54 Å². The Bertz CT molecular complexity index is 938. The molecule has 0 saturated carbocycles. The van der Waals surface area contributed by atoms with Gasteiger partial charge in [0.1, 0.15) is 4.88 Å². The molecule has 0 spiro atoms. The molecule has 124 valence electrons. The van der Waals surface area contributed by atoms with E-state index in [1.165, 1.54) is 0 Å². The number of carbonyl (C=O) groups is 1. The van der Waals surface area contributed by atoms with Gasteiger partial charge in [-0.1, -0.05) is 29.5 Å². The summed E-state index contributed by atoms with van der Waals surface area (Å²) >= 11 is 1.16. The summed E-state index contributed by atoms with van der Waals surface area (Å²) in [6.07, 6.45) is 1.70. The lowest BCUT2D eigenvalue weighted by Crippen LogP contribution is -2.17. The molecule has 2 heterocycles. The number of fused-ring (bicyclic) bond motifs is 1. The van der Waals surface area contributed by atoms with E-state index >= 15 is 0 Å². The SMILES string of the molecule is CCn1c(C)c(/C=N\NC(=O)c2sc(N)nc2C)c2ccccc21. The van der Waals surface area contributed by atoms with E-state index in [1.54, 1.807) is 13.1 Å². The van der Waals surface area contributed by atoms with Gasteiger partial charge >= 0.3 is 0 Å². The number of benzene rings is 1. The number of nitrogens with zero attached hydrogens (tertiary/aromatic N) is 3. The van der Waals surface area contributed by atoms with Crippen LogP contribution in [0.25, 0.3) is 10.9 Å². The third kappa shape index (κ3) is 2.78. The molecule has 3 N–H and O–H groups in total. The zero-order valence-corrected chi connectivity index (χ0v) is 14.6. The van der Waals surface area contributed by atoms with Gasteiger partial charge in [-0.05, 0) is 26.8 Å². The van der Waals surface area contributed by atoms with Crippen molar-refractivity contribution in [1.82, 2.24) is 15.0 Å². The van der Waals surface area contributed by atoms with Gasteiger partial charge in [0.05, 0.1) is 11.9 Å². The molecule has 3 aromatic rings. The largest absolute Gasteiger partial charge is 0.375 e. The van der Waals surface area contributed by atoms with Gasteiger partial charge in [0.2, 0.25) is 0 Å². The number of thiazole rings is 1. The first kappa shape index (κ1) is 16.2. The molecule has 1 aromatic carbocycles. The zero-order valence-electron chi connectivity index (χ0n) is 13.8. The summed E-state index contributed by atoms with van der Waals surface area (Å²) < 4.78 is 2.23. The number of rotatable bonds is 4. The monoisotopic (exact) mass is 341 g/mol. The van der Waals surface area contributed by atoms with Crippen LogP contribution in [-0.4, -0.2) is 21.7 Å². The minimum absolute atomic E-state index is 0.296. The lowest BCUT2D eigenvalue weighted by Gasteiger charge is -2.03. The van der Waals surface area contributed by atoms with Gasteiger partial charge in [0, 0.05) is 28.7 Å². The Morgan fingerprint density at radius 3 is 2.83 bits per heavy atom. The van der Waals surface area contributed by atoms with Crippen molar-refractivity contribution in [3.8, 4) is 0 Å². The van der Waals surface area contributed by atoms with E-state index in [0.717, 1.165) is 40.0 Å². The van der Waals surface area contributed by atoms with Crippen LogP contribution in [0.1, 0.15) is 33.5 Å². The number of carbonyl (C=O) groups excluding carboxylic acids is 1. The van der Waals surface area contributed by atoms with Crippen LogP contribution < -0.4 is 11.2 Å². The Hall–Kier alpha value is -2.67. The average molecular weight is 341 g/mol. The number of hydrogen-bond acceptors (Lipinski definition) is 5. The molecule has 1 amide bonds. The van der Waals surface area contributed by atoms with E-state index in [4.69, 9.17) is 5.73 Å². The van der Waals surface area contributed by atoms with Gasteiger partial charge in [-0.3, -0.25) is 4.79 Å². The minimum Gasteiger partial charge on any atom is -0.375 e. The predicted molar refractivity (Wildman–Crippen MR) is 98.7 cm³/mol. The van der Waals surface area contributed by atoms with Crippen molar-refractivity contribution in [3.05, 3.63) is 46.1 Å². The highest BCUT2D eigenvalue weighted by atomic mass is 32.1. The van der Waals surface area contributed by atoms with Crippen LogP contribution >= 0.6 is 11.3 Å². The Balaban J connectivity index is 1.87. The Labute approximate surface area is 144 Å². The summed E-state index contributed by atoms with van der Waals surface area (Å²) in [5, 5.41) is 5.62. The van der Waals surface area contributed by atoms with E-state index in [0.29, 0.717) is 15.7 Å². The molecule has 0 aliphatic rings. The van der Waals surface area contributed by atoms with Crippen LogP contribution in [0.2, 0.25) is 0 Å². The fourth-order valence-corrected chi connectivity index (χ4v) is 3.59. The standard InChI is InChI=1S/C17H19N5OS/c1-4-22-11(3)13(12-7-5-6-8-14(12)22)9-19-21-16(23)15-10(2)20-17(18)24-15/h5-9H,4H2,1-3H3,(H2,18,20)(H,21,23)/b19-9-. The van der Waals surface area contributed by atoms with Gasteiger partial charge < -0.3 is 10.3 Å².